The number of para-hydroxylation sites is 2. The van der Waals surface area contributed by atoms with Gasteiger partial charge >= 0.3 is 0 Å². The van der Waals surface area contributed by atoms with Crippen molar-refractivity contribution in [2.75, 3.05) is 6.54 Å². The van der Waals surface area contributed by atoms with Crippen LogP contribution in [0, 0.1) is 0 Å². The Hall–Kier alpha value is -2.90. The molecule has 27 heavy (non-hydrogen) atoms. The molecule has 1 aromatic carbocycles. The Morgan fingerprint density at radius 3 is 2.85 bits per heavy atom. The fraction of sp³-hybridized carbons (Fsp3) is 0.200. The molecule has 0 aliphatic carbocycles. The van der Waals surface area contributed by atoms with Crippen molar-refractivity contribution in [3.8, 4) is 10.7 Å². The second kappa shape index (κ2) is 6.68. The van der Waals surface area contributed by atoms with E-state index in [-0.39, 0.29) is 5.56 Å². The largest absolute Gasteiger partial charge is 0.306 e. The summed E-state index contributed by atoms with van der Waals surface area (Å²) in [6.45, 7) is 2.10. The maximum atomic E-state index is 12.6. The number of fused-ring (bicyclic) bond motifs is 2. The van der Waals surface area contributed by atoms with Gasteiger partial charge in [-0.25, -0.2) is 9.97 Å². The molecule has 1 N–H and O–H groups in total. The number of rotatable bonds is 3. The molecule has 0 bridgehead atoms. The molecule has 4 heterocycles. The minimum absolute atomic E-state index is 0.0438. The van der Waals surface area contributed by atoms with Gasteiger partial charge in [0.2, 0.25) is 0 Å². The first-order valence-electron chi connectivity index (χ1n) is 8.85. The summed E-state index contributed by atoms with van der Waals surface area (Å²) in [6.07, 6.45) is 2.58. The highest BCUT2D eigenvalue weighted by Crippen LogP contribution is 2.23. The molecule has 0 spiro atoms. The first kappa shape index (κ1) is 16.3. The fourth-order valence-corrected chi connectivity index (χ4v) is 4.12. The Morgan fingerprint density at radius 1 is 1.11 bits per heavy atom. The average molecular weight is 375 g/mol. The summed E-state index contributed by atoms with van der Waals surface area (Å²) in [6, 6.07) is 11.8. The Kier molecular flexibility index (Phi) is 4.03. The highest BCUT2D eigenvalue weighted by molar-refractivity contribution is 7.13. The zero-order valence-electron chi connectivity index (χ0n) is 14.6. The maximum Gasteiger partial charge on any atom is 0.255 e. The Morgan fingerprint density at radius 2 is 2.00 bits per heavy atom. The van der Waals surface area contributed by atoms with Crippen LogP contribution in [0.5, 0.6) is 0 Å². The predicted molar refractivity (Wildman–Crippen MR) is 106 cm³/mol. The van der Waals surface area contributed by atoms with E-state index in [9.17, 15) is 4.79 Å². The van der Waals surface area contributed by atoms with Gasteiger partial charge in [-0.2, -0.15) is 0 Å². The SMILES string of the molecule is O=c1[nH]c(-c2cccs2)nc2c1CN(Cc1cnc3ccccc3n1)CC2. The molecule has 0 amide bonds. The minimum atomic E-state index is -0.0438. The molecule has 1 aliphatic heterocycles. The van der Waals surface area contributed by atoms with Crippen LogP contribution < -0.4 is 5.56 Å². The standard InChI is InChI=1S/C20H17N5OS/c26-20-14-12-25(11-13-10-21-16-4-1-2-5-17(16)22-13)8-7-15(14)23-19(24-20)18-6-3-9-27-18/h1-6,9-10H,7-8,11-12H2,(H,23,24,26). The van der Waals surface area contributed by atoms with E-state index in [1.54, 1.807) is 11.3 Å². The Bertz CT molecular complexity index is 1170. The van der Waals surface area contributed by atoms with E-state index in [1.807, 2.05) is 48.0 Å². The van der Waals surface area contributed by atoms with Gasteiger partial charge in [0.15, 0.2) is 5.82 Å². The molecule has 0 saturated carbocycles. The second-order valence-corrected chi connectivity index (χ2v) is 7.58. The van der Waals surface area contributed by atoms with Crippen molar-refractivity contribution in [2.24, 2.45) is 0 Å². The van der Waals surface area contributed by atoms with Gasteiger partial charge in [0.25, 0.3) is 5.56 Å². The van der Waals surface area contributed by atoms with Gasteiger partial charge in [-0.15, -0.1) is 11.3 Å². The van der Waals surface area contributed by atoms with Crippen LogP contribution in [0.4, 0.5) is 0 Å². The van der Waals surface area contributed by atoms with Crippen molar-refractivity contribution in [3.63, 3.8) is 0 Å². The highest BCUT2D eigenvalue weighted by atomic mass is 32.1. The molecule has 0 saturated heterocycles. The molecule has 1 aliphatic rings. The van der Waals surface area contributed by atoms with E-state index in [0.717, 1.165) is 45.8 Å². The van der Waals surface area contributed by atoms with E-state index in [2.05, 4.69) is 14.9 Å². The van der Waals surface area contributed by atoms with Gasteiger partial charge in [0.1, 0.15) is 0 Å². The van der Waals surface area contributed by atoms with Crippen molar-refractivity contribution in [2.45, 2.75) is 19.5 Å². The lowest BCUT2D eigenvalue weighted by molar-refractivity contribution is 0.239. The molecule has 7 heteroatoms. The first-order chi connectivity index (χ1) is 13.3. The molecular formula is C20H17N5OS. The van der Waals surface area contributed by atoms with Crippen molar-refractivity contribution < 1.29 is 0 Å². The summed E-state index contributed by atoms with van der Waals surface area (Å²) in [7, 11) is 0. The summed E-state index contributed by atoms with van der Waals surface area (Å²) in [4.78, 5) is 32.6. The quantitative estimate of drug-likeness (QED) is 0.596. The smallest absolute Gasteiger partial charge is 0.255 e. The lowest BCUT2D eigenvalue weighted by atomic mass is 10.1. The number of hydrogen-bond donors (Lipinski definition) is 1. The molecule has 0 atom stereocenters. The fourth-order valence-electron chi connectivity index (χ4n) is 3.45. The first-order valence-corrected chi connectivity index (χ1v) is 9.73. The van der Waals surface area contributed by atoms with E-state index < -0.39 is 0 Å². The van der Waals surface area contributed by atoms with Crippen molar-refractivity contribution in [1.82, 2.24) is 24.8 Å². The summed E-state index contributed by atoms with van der Waals surface area (Å²) in [5.74, 6) is 0.669. The third-order valence-electron chi connectivity index (χ3n) is 4.79. The van der Waals surface area contributed by atoms with Gasteiger partial charge in [0.05, 0.1) is 39.1 Å². The lowest BCUT2D eigenvalue weighted by Gasteiger charge is -2.27. The van der Waals surface area contributed by atoms with E-state index in [0.29, 0.717) is 18.9 Å². The number of H-pyrrole nitrogens is 1. The van der Waals surface area contributed by atoms with Crippen LogP contribution in [0.15, 0.2) is 52.8 Å². The van der Waals surface area contributed by atoms with Crippen LogP contribution in [0.1, 0.15) is 17.0 Å². The molecule has 0 unspecified atom stereocenters. The molecule has 6 nitrogen and oxygen atoms in total. The van der Waals surface area contributed by atoms with Crippen molar-refractivity contribution in [1.29, 1.82) is 0 Å². The van der Waals surface area contributed by atoms with E-state index >= 15 is 0 Å². The monoisotopic (exact) mass is 375 g/mol. The summed E-state index contributed by atoms with van der Waals surface area (Å²) >= 11 is 1.58. The van der Waals surface area contributed by atoms with E-state index in [4.69, 9.17) is 9.97 Å². The highest BCUT2D eigenvalue weighted by Gasteiger charge is 2.22. The van der Waals surface area contributed by atoms with Crippen LogP contribution in [0.3, 0.4) is 0 Å². The zero-order valence-corrected chi connectivity index (χ0v) is 15.4. The van der Waals surface area contributed by atoms with Crippen LogP contribution in [-0.2, 0) is 19.5 Å². The van der Waals surface area contributed by atoms with Gasteiger partial charge in [0, 0.05) is 26.1 Å². The predicted octanol–water partition coefficient (Wildman–Crippen LogP) is 3.00. The van der Waals surface area contributed by atoms with Gasteiger partial charge in [-0.05, 0) is 23.6 Å². The molecule has 0 radical (unpaired) electrons. The summed E-state index contributed by atoms with van der Waals surface area (Å²) in [5.41, 5.74) is 4.33. The third-order valence-corrected chi connectivity index (χ3v) is 5.66. The number of aromatic amines is 1. The normalized spacial score (nSPS) is 14.4. The zero-order chi connectivity index (χ0) is 18.2. The van der Waals surface area contributed by atoms with Gasteiger partial charge in [-0.1, -0.05) is 18.2 Å². The number of nitrogens with zero attached hydrogens (tertiary/aromatic N) is 4. The summed E-state index contributed by atoms with van der Waals surface area (Å²) in [5, 5.41) is 1.99. The Labute approximate surface area is 159 Å². The molecule has 134 valence electrons. The van der Waals surface area contributed by atoms with Gasteiger partial charge < -0.3 is 4.98 Å². The minimum Gasteiger partial charge on any atom is -0.306 e. The average Bonchev–Trinajstić information content (AvgIpc) is 3.23. The number of aromatic nitrogens is 4. The number of hydrogen-bond acceptors (Lipinski definition) is 6. The third kappa shape index (κ3) is 3.15. The number of nitrogens with one attached hydrogen (secondary N) is 1. The molecule has 0 fully saturated rings. The van der Waals surface area contributed by atoms with Crippen LogP contribution in [-0.4, -0.2) is 31.4 Å². The van der Waals surface area contributed by atoms with Crippen LogP contribution in [0.2, 0.25) is 0 Å². The van der Waals surface area contributed by atoms with Crippen LogP contribution in [0.25, 0.3) is 21.7 Å². The van der Waals surface area contributed by atoms with Crippen LogP contribution >= 0.6 is 11.3 Å². The summed E-state index contributed by atoms with van der Waals surface area (Å²) < 4.78 is 0. The lowest BCUT2D eigenvalue weighted by Crippen LogP contribution is -2.35. The van der Waals surface area contributed by atoms with E-state index in [1.165, 1.54) is 0 Å². The molecule has 3 aromatic heterocycles. The maximum absolute atomic E-state index is 12.6. The molecule has 4 aromatic rings. The topological polar surface area (TPSA) is 74.8 Å². The molecular weight excluding hydrogens is 358 g/mol. The Balaban J connectivity index is 1.39. The molecule has 5 rings (SSSR count). The van der Waals surface area contributed by atoms with Crippen molar-refractivity contribution in [3.05, 3.63) is 75.3 Å². The van der Waals surface area contributed by atoms with Crippen molar-refractivity contribution >= 4 is 22.4 Å². The number of thiophene rings is 1. The second-order valence-electron chi connectivity index (χ2n) is 6.63. The number of benzene rings is 1. The van der Waals surface area contributed by atoms with Gasteiger partial charge in [-0.3, -0.25) is 14.7 Å².